The van der Waals surface area contributed by atoms with Crippen LogP contribution in [0.2, 0.25) is 0 Å². The Balaban J connectivity index is 1.45. The average molecular weight is 430 g/mol. The number of nitrogens with one attached hydrogen (secondary N) is 2. The van der Waals surface area contributed by atoms with Gasteiger partial charge in [-0.2, -0.15) is 0 Å². The molecule has 158 valence electrons. The molecule has 10 heteroatoms. The van der Waals surface area contributed by atoms with Gasteiger partial charge in [-0.1, -0.05) is 18.2 Å². The van der Waals surface area contributed by atoms with E-state index in [1.54, 1.807) is 31.3 Å². The Labute approximate surface area is 175 Å². The van der Waals surface area contributed by atoms with E-state index in [0.717, 1.165) is 24.5 Å². The number of amides is 1. The largest absolute Gasteiger partial charge is 0.378 e. The SMILES string of the molecule is C[C@H](N=C1NS(=O)(=O)c2ccccc21)C(=O)NCc1cccnc1N1CCOCC1. The van der Waals surface area contributed by atoms with Crippen molar-refractivity contribution >= 4 is 27.6 Å². The van der Waals surface area contributed by atoms with Gasteiger partial charge in [0.2, 0.25) is 5.91 Å². The van der Waals surface area contributed by atoms with Gasteiger partial charge in [0, 0.05) is 37.0 Å². The highest BCUT2D eigenvalue weighted by molar-refractivity contribution is 7.90. The average Bonchev–Trinajstić information content (AvgIpc) is 3.03. The number of amidine groups is 1. The Kier molecular flexibility index (Phi) is 5.69. The highest BCUT2D eigenvalue weighted by atomic mass is 32.2. The second kappa shape index (κ2) is 8.41. The van der Waals surface area contributed by atoms with Crippen molar-refractivity contribution in [3.8, 4) is 0 Å². The van der Waals surface area contributed by atoms with E-state index in [-0.39, 0.29) is 16.6 Å². The second-order valence-corrected chi connectivity index (χ2v) is 8.71. The topological polar surface area (TPSA) is 113 Å². The number of fused-ring (bicyclic) bond motifs is 1. The van der Waals surface area contributed by atoms with Gasteiger partial charge in [-0.05, 0) is 25.1 Å². The molecular weight excluding hydrogens is 406 g/mol. The minimum atomic E-state index is -3.64. The van der Waals surface area contributed by atoms with Crippen molar-refractivity contribution in [2.24, 2.45) is 4.99 Å². The van der Waals surface area contributed by atoms with E-state index in [1.165, 1.54) is 6.07 Å². The number of hydrogen-bond acceptors (Lipinski definition) is 7. The minimum Gasteiger partial charge on any atom is -0.378 e. The number of carbonyl (C=O) groups excluding carboxylic acids is 1. The second-order valence-electron chi connectivity index (χ2n) is 7.06. The summed E-state index contributed by atoms with van der Waals surface area (Å²) in [7, 11) is -3.64. The van der Waals surface area contributed by atoms with Crippen molar-refractivity contribution in [2.45, 2.75) is 24.4 Å². The number of benzene rings is 1. The molecule has 3 heterocycles. The Bertz CT molecular complexity index is 1080. The first-order valence-corrected chi connectivity index (χ1v) is 11.2. The van der Waals surface area contributed by atoms with E-state index in [0.29, 0.717) is 25.3 Å². The lowest BCUT2D eigenvalue weighted by Gasteiger charge is -2.29. The zero-order valence-corrected chi connectivity index (χ0v) is 17.4. The first kappa shape index (κ1) is 20.3. The number of pyridine rings is 1. The van der Waals surface area contributed by atoms with Crippen LogP contribution in [0.5, 0.6) is 0 Å². The summed E-state index contributed by atoms with van der Waals surface area (Å²) in [6, 6.07) is 9.56. The zero-order chi connectivity index (χ0) is 21.1. The van der Waals surface area contributed by atoms with Crippen LogP contribution >= 0.6 is 0 Å². The maximum atomic E-state index is 12.6. The summed E-state index contributed by atoms with van der Waals surface area (Å²) >= 11 is 0. The molecule has 0 saturated carbocycles. The van der Waals surface area contributed by atoms with Crippen molar-refractivity contribution in [1.29, 1.82) is 0 Å². The molecule has 0 spiro atoms. The lowest BCUT2D eigenvalue weighted by atomic mass is 10.2. The van der Waals surface area contributed by atoms with Crippen LogP contribution in [-0.4, -0.2) is 57.5 Å². The maximum absolute atomic E-state index is 12.6. The van der Waals surface area contributed by atoms with Crippen LogP contribution in [0.15, 0.2) is 52.5 Å². The van der Waals surface area contributed by atoms with Crippen LogP contribution in [0, 0.1) is 0 Å². The smallest absolute Gasteiger partial charge is 0.263 e. The van der Waals surface area contributed by atoms with Crippen LogP contribution in [-0.2, 0) is 26.1 Å². The molecule has 0 aliphatic carbocycles. The fourth-order valence-corrected chi connectivity index (χ4v) is 4.68. The molecule has 2 aliphatic heterocycles. The van der Waals surface area contributed by atoms with Gasteiger partial charge < -0.3 is 15.0 Å². The van der Waals surface area contributed by atoms with E-state index in [4.69, 9.17) is 4.74 Å². The lowest BCUT2D eigenvalue weighted by molar-refractivity contribution is -0.122. The number of sulfonamides is 1. The molecule has 9 nitrogen and oxygen atoms in total. The highest BCUT2D eigenvalue weighted by Gasteiger charge is 2.31. The van der Waals surface area contributed by atoms with E-state index in [1.807, 2.05) is 12.1 Å². The van der Waals surface area contributed by atoms with Gasteiger partial charge in [0.25, 0.3) is 10.0 Å². The molecule has 2 aliphatic rings. The van der Waals surface area contributed by atoms with Crippen molar-refractivity contribution in [3.63, 3.8) is 0 Å². The fourth-order valence-electron chi connectivity index (χ4n) is 3.44. The van der Waals surface area contributed by atoms with Crippen molar-refractivity contribution in [2.75, 3.05) is 31.2 Å². The van der Waals surface area contributed by atoms with Crippen molar-refractivity contribution in [3.05, 3.63) is 53.7 Å². The highest BCUT2D eigenvalue weighted by Crippen LogP contribution is 2.23. The third-order valence-corrected chi connectivity index (χ3v) is 6.39. The number of anilines is 1. The lowest BCUT2D eigenvalue weighted by Crippen LogP contribution is -2.38. The van der Waals surface area contributed by atoms with Gasteiger partial charge in [-0.15, -0.1) is 0 Å². The first-order valence-electron chi connectivity index (χ1n) is 9.70. The third kappa shape index (κ3) is 4.14. The predicted octanol–water partition coefficient (Wildman–Crippen LogP) is 0.662. The summed E-state index contributed by atoms with van der Waals surface area (Å²) < 4.78 is 32.2. The quantitative estimate of drug-likeness (QED) is 0.722. The molecule has 1 fully saturated rings. The van der Waals surface area contributed by atoms with Gasteiger partial charge in [0.05, 0.1) is 18.1 Å². The van der Waals surface area contributed by atoms with Crippen LogP contribution in [0.25, 0.3) is 0 Å². The summed E-state index contributed by atoms with van der Waals surface area (Å²) in [5.41, 5.74) is 1.37. The number of aromatic nitrogens is 1. The summed E-state index contributed by atoms with van der Waals surface area (Å²) in [5.74, 6) is 0.712. The van der Waals surface area contributed by atoms with Crippen molar-refractivity contribution < 1.29 is 17.9 Å². The van der Waals surface area contributed by atoms with Gasteiger partial charge >= 0.3 is 0 Å². The molecule has 1 aromatic carbocycles. The summed E-state index contributed by atoms with van der Waals surface area (Å²) in [5, 5.41) is 2.88. The monoisotopic (exact) mass is 429 g/mol. The fraction of sp³-hybridized carbons (Fsp3) is 0.350. The van der Waals surface area contributed by atoms with Gasteiger partial charge in [-0.25, -0.2) is 13.4 Å². The molecule has 30 heavy (non-hydrogen) atoms. The van der Waals surface area contributed by atoms with Crippen molar-refractivity contribution in [1.82, 2.24) is 15.0 Å². The zero-order valence-electron chi connectivity index (χ0n) is 16.5. The summed E-state index contributed by atoms with van der Waals surface area (Å²) in [6.07, 6.45) is 1.73. The molecule has 0 unspecified atom stereocenters. The normalized spacial score (nSPS) is 19.8. The molecule has 4 rings (SSSR count). The number of carbonyl (C=O) groups is 1. The number of nitrogens with zero attached hydrogens (tertiary/aromatic N) is 3. The van der Waals surface area contributed by atoms with Crippen LogP contribution < -0.4 is 14.9 Å². The minimum absolute atomic E-state index is 0.168. The number of ether oxygens (including phenoxy) is 1. The molecule has 1 amide bonds. The molecule has 0 bridgehead atoms. The number of aliphatic imine (C=N–C) groups is 1. The predicted molar refractivity (Wildman–Crippen MR) is 112 cm³/mol. The third-order valence-electron chi connectivity index (χ3n) is 5.00. The van der Waals surface area contributed by atoms with Gasteiger partial charge in [-0.3, -0.25) is 14.5 Å². The Morgan fingerprint density at radius 3 is 2.83 bits per heavy atom. The van der Waals surface area contributed by atoms with Crippen LogP contribution in [0.3, 0.4) is 0 Å². The molecular formula is C20H23N5O4S. The Morgan fingerprint density at radius 2 is 2.03 bits per heavy atom. The van der Waals surface area contributed by atoms with Gasteiger partial charge in [0.15, 0.2) is 0 Å². The van der Waals surface area contributed by atoms with E-state index < -0.39 is 16.1 Å². The molecule has 1 atom stereocenters. The Hall–Kier alpha value is -2.98. The molecule has 1 aromatic heterocycles. The maximum Gasteiger partial charge on any atom is 0.263 e. The van der Waals surface area contributed by atoms with Gasteiger partial charge in [0.1, 0.15) is 17.7 Å². The van der Waals surface area contributed by atoms with Crippen LogP contribution in [0.4, 0.5) is 5.82 Å². The molecule has 0 radical (unpaired) electrons. The molecule has 2 aromatic rings. The number of hydrogen-bond donors (Lipinski definition) is 2. The van der Waals surface area contributed by atoms with E-state index in [9.17, 15) is 13.2 Å². The van der Waals surface area contributed by atoms with E-state index >= 15 is 0 Å². The summed E-state index contributed by atoms with van der Waals surface area (Å²) in [4.78, 5) is 23.7. The first-order chi connectivity index (χ1) is 14.5. The Morgan fingerprint density at radius 1 is 1.27 bits per heavy atom. The summed E-state index contributed by atoms with van der Waals surface area (Å²) in [6.45, 7) is 4.73. The standard InChI is InChI=1S/C20H23N5O4S/c1-14(23-18-16-6-2-3-7-17(16)30(27,28)24-18)20(26)22-13-15-5-4-8-21-19(15)25-9-11-29-12-10-25/h2-8,14H,9-13H2,1H3,(H,22,26)(H,23,24)/t14-/m0/s1. The molecule has 2 N–H and O–H groups in total. The van der Waals surface area contributed by atoms with E-state index in [2.05, 4.69) is 24.9 Å². The number of rotatable bonds is 5. The molecule has 1 saturated heterocycles. The number of morpholine rings is 1. The van der Waals surface area contributed by atoms with Crippen LogP contribution in [0.1, 0.15) is 18.1 Å².